The van der Waals surface area contributed by atoms with Gasteiger partial charge < -0.3 is 0 Å². The number of aromatic nitrogens is 5. The number of benzene rings is 3. The van der Waals surface area contributed by atoms with Gasteiger partial charge in [0.25, 0.3) is 0 Å². The summed E-state index contributed by atoms with van der Waals surface area (Å²) >= 11 is 0. The molecule has 3 aromatic heterocycles. The third-order valence-corrected chi connectivity index (χ3v) is 4.38. The van der Waals surface area contributed by atoms with Crippen LogP contribution in [0.15, 0.2) is 116 Å². The van der Waals surface area contributed by atoms with E-state index in [9.17, 15) is 0 Å². The molecule has 5 nitrogen and oxygen atoms in total. The van der Waals surface area contributed by atoms with E-state index in [4.69, 9.17) is 0 Å². The zero-order chi connectivity index (χ0) is 37.2. The molecule has 0 bridgehead atoms. The van der Waals surface area contributed by atoms with Crippen molar-refractivity contribution in [2.45, 2.75) is 104 Å². The topological polar surface area (TPSA) is 64.5 Å². The number of rotatable bonds is 0. The molecule has 0 radical (unpaired) electrons. The van der Waals surface area contributed by atoms with Crippen molar-refractivity contribution in [1.29, 1.82) is 0 Å². The molecule has 6 aromatic rings. The summed E-state index contributed by atoms with van der Waals surface area (Å²) in [6, 6.07) is 26.0. The van der Waals surface area contributed by atoms with E-state index in [0.29, 0.717) is 0 Å². The highest BCUT2D eigenvalue weighted by Gasteiger charge is 1.89. The maximum absolute atomic E-state index is 4.07. The second-order valence-corrected chi connectivity index (χ2v) is 11.6. The molecule has 0 unspecified atom stereocenters. The molecule has 6 rings (SSSR count). The predicted octanol–water partition coefficient (Wildman–Crippen LogP) is 13.6. The van der Waals surface area contributed by atoms with Gasteiger partial charge in [0, 0.05) is 35.6 Å². The molecule has 0 spiro atoms. The van der Waals surface area contributed by atoms with Gasteiger partial charge in [-0.1, -0.05) is 165 Å². The van der Waals surface area contributed by atoms with Crippen molar-refractivity contribution >= 4 is 32.6 Å². The highest BCUT2D eigenvalue weighted by Crippen LogP contribution is 2.10. The summed E-state index contributed by atoms with van der Waals surface area (Å²) in [5.74, 6) is 2.50. The van der Waals surface area contributed by atoms with Crippen LogP contribution in [0.1, 0.15) is 104 Å². The van der Waals surface area contributed by atoms with Crippen molar-refractivity contribution < 1.29 is 0 Å². The Labute approximate surface area is 294 Å². The summed E-state index contributed by atoms with van der Waals surface area (Å²) in [5.41, 5.74) is 2.00. The van der Waals surface area contributed by atoms with Gasteiger partial charge in [0.2, 0.25) is 0 Å². The zero-order valence-electron chi connectivity index (χ0n) is 32.9. The van der Waals surface area contributed by atoms with Crippen molar-refractivity contribution in [2.75, 3.05) is 0 Å². The standard InChI is InChI=1S/C9H7N.2C8H6N2.3C4H10.3C2H6/c1-2-4-9-7-10-6-5-8(9)3-1;2*1-2-4-8-7(3-1)5-9-6-10-8;3*1-4(2)3;3*1-2/h1-7H;2*1-6H;3*4H,1-3H3;3*1-2H3. The first-order chi connectivity index (χ1) is 23.1. The van der Waals surface area contributed by atoms with E-state index in [0.717, 1.165) is 39.6 Å². The normalized spacial score (nSPS) is 8.88. The van der Waals surface area contributed by atoms with Crippen molar-refractivity contribution in [2.24, 2.45) is 17.8 Å². The molecule has 0 saturated carbocycles. The molecule has 3 aromatic carbocycles. The first-order valence-electron chi connectivity index (χ1n) is 17.7. The van der Waals surface area contributed by atoms with Gasteiger partial charge in [-0.15, -0.1) is 0 Å². The maximum atomic E-state index is 4.07. The minimum Gasteiger partial charge on any atom is -0.264 e. The van der Waals surface area contributed by atoms with E-state index < -0.39 is 0 Å². The third kappa shape index (κ3) is 28.0. The molecule has 0 fully saturated rings. The Morgan fingerprint density at radius 3 is 0.979 bits per heavy atom. The molecule has 3 heterocycles. The number of para-hydroxylation sites is 2. The monoisotopic (exact) mass is 654 g/mol. The summed E-state index contributed by atoms with van der Waals surface area (Å²) < 4.78 is 0. The molecule has 0 aliphatic heterocycles. The quantitative estimate of drug-likeness (QED) is 0.163. The summed E-state index contributed by atoms with van der Waals surface area (Å²) in [4.78, 5) is 20.0. The molecule has 0 N–H and O–H groups in total. The highest BCUT2D eigenvalue weighted by molar-refractivity contribution is 5.81. The lowest BCUT2D eigenvalue weighted by atomic mass is 10.2. The van der Waals surface area contributed by atoms with Crippen LogP contribution >= 0.6 is 0 Å². The largest absolute Gasteiger partial charge is 0.264 e. The summed E-state index contributed by atoms with van der Waals surface area (Å²) in [6.07, 6.45) is 10.4. The van der Waals surface area contributed by atoms with Crippen LogP contribution in [-0.4, -0.2) is 24.9 Å². The van der Waals surface area contributed by atoms with E-state index >= 15 is 0 Å². The fourth-order valence-electron chi connectivity index (χ4n) is 2.87. The van der Waals surface area contributed by atoms with Crippen LogP contribution in [0.2, 0.25) is 0 Å². The number of nitrogens with zero attached hydrogens (tertiary/aromatic N) is 5. The SMILES string of the molecule is CC.CC.CC.CC(C)C.CC(C)C.CC(C)C.c1ccc2cnccc2c1.c1ccc2ncncc2c1.c1ccc2ncncc2c1. The van der Waals surface area contributed by atoms with Crippen molar-refractivity contribution in [3.8, 4) is 0 Å². The lowest BCUT2D eigenvalue weighted by Gasteiger charge is -1.91. The second-order valence-electron chi connectivity index (χ2n) is 11.6. The lowest BCUT2D eigenvalue weighted by molar-refractivity contribution is 0.736. The molecule has 0 aliphatic rings. The van der Waals surface area contributed by atoms with E-state index in [-0.39, 0.29) is 0 Å². The molecular formula is C43H67N5. The first-order valence-corrected chi connectivity index (χ1v) is 17.7. The Bertz CT molecular complexity index is 1130. The summed E-state index contributed by atoms with van der Waals surface area (Å²) in [6.45, 7) is 31.5. The second kappa shape index (κ2) is 34.1. The van der Waals surface area contributed by atoms with Gasteiger partial charge in [0.05, 0.1) is 11.0 Å². The molecule has 0 aliphatic carbocycles. The Morgan fingerprint density at radius 2 is 0.646 bits per heavy atom. The average molecular weight is 654 g/mol. The van der Waals surface area contributed by atoms with Crippen molar-refractivity contribution in [1.82, 2.24) is 24.9 Å². The minimum atomic E-state index is 0.833. The van der Waals surface area contributed by atoms with Gasteiger partial charge in [-0.25, -0.2) is 19.9 Å². The number of hydrogen-bond donors (Lipinski definition) is 0. The van der Waals surface area contributed by atoms with E-state index in [2.05, 4.69) is 99.4 Å². The third-order valence-electron chi connectivity index (χ3n) is 4.38. The highest BCUT2D eigenvalue weighted by atomic mass is 14.8. The molecule has 0 amide bonds. The van der Waals surface area contributed by atoms with Crippen LogP contribution in [0.5, 0.6) is 0 Å². The summed E-state index contributed by atoms with van der Waals surface area (Å²) in [7, 11) is 0. The Balaban J connectivity index is -0.000000512. The molecule has 5 heteroatoms. The van der Waals surface area contributed by atoms with Crippen LogP contribution in [0.25, 0.3) is 32.6 Å². The predicted molar refractivity (Wildman–Crippen MR) is 216 cm³/mol. The smallest absolute Gasteiger partial charge is 0.116 e. The van der Waals surface area contributed by atoms with Crippen LogP contribution in [0, 0.1) is 17.8 Å². The van der Waals surface area contributed by atoms with Gasteiger partial charge in [-0.3, -0.25) is 4.98 Å². The first kappa shape index (κ1) is 48.1. The van der Waals surface area contributed by atoms with E-state index in [1.54, 1.807) is 12.7 Å². The van der Waals surface area contributed by atoms with Gasteiger partial charge in [0.15, 0.2) is 0 Å². The van der Waals surface area contributed by atoms with Crippen LogP contribution in [-0.2, 0) is 0 Å². The molecular weight excluding hydrogens is 587 g/mol. The fraction of sp³-hybridized carbons (Fsp3) is 0.419. The van der Waals surface area contributed by atoms with E-state index in [1.165, 1.54) is 10.8 Å². The minimum absolute atomic E-state index is 0.833. The Hall–Kier alpha value is -4.25. The Kier molecular flexibility index (Phi) is 34.2. The maximum Gasteiger partial charge on any atom is 0.116 e. The number of hydrogen-bond acceptors (Lipinski definition) is 5. The van der Waals surface area contributed by atoms with Crippen LogP contribution < -0.4 is 0 Å². The number of fused-ring (bicyclic) bond motifs is 3. The number of pyridine rings is 1. The lowest BCUT2D eigenvalue weighted by Crippen LogP contribution is -1.77. The van der Waals surface area contributed by atoms with Gasteiger partial charge in [0.1, 0.15) is 12.7 Å². The zero-order valence-corrected chi connectivity index (χ0v) is 32.9. The molecule has 264 valence electrons. The van der Waals surface area contributed by atoms with Crippen LogP contribution in [0.4, 0.5) is 0 Å². The van der Waals surface area contributed by atoms with Gasteiger partial charge in [-0.05, 0) is 46.7 Å². The van der Waals surface area contributed by atoms with Crippen molar-refractivity contribution in [3.63, 3.8) is 0 Å². The van der Waals surface area contributed by atoms with Crippen LogP contribution in [0.3, 0.4) is 0 Å². The summed E-state index contributed by atoms with van der Waals surface area (Å²) in [5, 5.41) is 4.62. The van der Waals surface area contributed by atoms with Crippen molar-refractivity contribution in [3.05, 3.63) is 116 Å². The molecule has 48 heavy (non-hydrogen) atoms. The Morgan fingerprint density at radius 1 is 0.354 bits per heavy atom. The fourth-order valence-corrected chi connectivity index (χ4v) is 2.87. The van der Waals surface area contributed by atoms with E-state index in [1.807, 2.05) is 133 Å². The van der Waals surface area contributed by atoms with Gasteiger partial charge in [-0.2, -0.15) is 0 Å². The molecule has 0 atom stereocenters. The van der Waals surface area contributed by atoms with Gasteiger partial charge >= 0.3 is 0 Å². The average Bonchev–Trinajstić information content (AvgIpc) is 3.11. The molecule has 0 saturated heterocycles.